The van der Waals surface area contributed by atoms with Gasteiger partial charge in [0, 0.05) is 12.6 Å². The molecular weight excluding hydrogens is 520 g/mol. The van der Waals surface area contributed by atoms with E-state index in [1.54, 1.807) is 0 Å². The van der Waals surface area contributed by atoms with Gasteiger partial charge in [0.1, 0.15) is 5.52 Å². The summed E-state index contributed by atoms with van der Waals surface area (Å²) in [6.07, 6.45) is 11.3. The number of carboxylic acid groups (broad SMARTS) is 1. The predicted molar refractivity (Wildman–Crippen MR) is 161 cm³/mol. The molecule has 11 heteroatoms. The van der Waals surface area contributed by atoms with Crippen molar-refractivity contribution < 1.29 is 14.7 Å². The summed E-state index contributed by atoms with van der Waals surface area (Å²) in [6.45, 7) is 11.3. The second-order valence-electron chi connectivity index (χ2n) is 11.9. The van der Waals surface area contributed by atoms with E-state index in [1.165, 1.54) is 19.3 Å². The Hall–Kier alpha value is -3.76. The highest BCUT2D eigenvalue weighted by Crippen LogP contribution is 2.35. The Morgan fingerprint density at radius 1 is 1.15 bits per heavy atom. The van der Waals surface area contributed by atoms with Gasteiger partial charge in [-0.1, -0.05) is 46.1 Å². The Labute approximate surface area is 241 Å². The van der Waals surface area contributed by atoms with Crippen LogP contribution < -0.4 is 16.4 Å². The molecule has 41 heavy (non-hydrogen) atoms. The van der Waals surface area contributed by atoms with Gasteiger partial charge >= 0.3 is 6.09 Å². The maximum atomic E-state index is 11.8. The van der Waals surface area contributed by atoms with Gasteiger partial charge in [-0.25, -0.2) is 19.7 Å². The molecule has 222 valence electrons. The van der Waals surface area contributed by atoms with Gasteiger partial charge in [0.15, 0.2) is 28.9 Å². The Bertz CT molecular complexity index is 1350. The number of aliphatic imine (C=N–C) groups is 1. The molecule has 2 saturated carbocycles. The molecule has 0 bridgehead atoms. The molecule has 2 heterocycles. The molecule has 0 spiro atoms. The summed E-state index contributed by atoms with van der Waals surface area (Å²) in [5.74, 6) is 2.71. The van der Waals surface area contributed by atoms with Crippen LogP contribution in [-0.4, -0.2) is 49.0 Å². The van der Waals surface area contributed by atoms with Gasteiger partial charge < -0.3 is 26.0 Å². The molecule has 0 saturated heterocycles. The molecule has 2 amide bonds. The van der Waals surface area contributed by atoms with Crippen molar-refractivity contribution in [1.82, 2.24) is 24.8 Å². The van der Waals surface area contributed by atoms with Crippen molar-refractivity contribution in [3.8, 4) is 0 Å². The van der Waals surface area contributed by atoms with E-state index in [0.29, 0.717) is 59.2 Å². The van der Waals surface area contributed by atoms with E-state index in [-0.39, 0.29) is 23.6 Å². The Kier molecular flexibility index (Phi) is 9.77. The number of nitrogens with two attached hydrogens (primary N) is 1. The third kappa shape index (κ3) is 7.12. The minimum atomic E-state index is -1.42. The lowest BCUT2D eigenvalue weighted by Gasteiger charge is -2.32. The van der Waals surface area contributed by atoms with Gasteiger partial charge in [-0.3, -0.25) is 4.79 Å². The molecule has 11 nitrogen and oxygen atoms in total. The van der Waals surface area contributed by atoms with Crippen molar-refractivity contribution in [1.29, 1.82) is 0 Å². The van der Waals surface area contributed by atoms with Crippen LogP contribution in [0, 0.1) is 23.7 Å². The van der Waals surface area contributed by atoms with Gasteiger partial charge in [0.25, 0.3) is 0 Å². The van der Waals surface area contributed by atoms with Crippen molar-refractivity contribution in [3.63, 3.8) is 0 Å². The van der Waals surface area contributed by atoms with Crippen molar-refractivity contribution in [3.05, 3.63) is 29.4 Å². The van der Waals surface area contributed by atoms with Crippen LogP contribution in [0.25, 0.3) is 16.9 Å². The van der Waals surface area contributed by atoms with E-state index in [9.17, 15) is 14.7 Å². The number of carbonyl (C=O) groups excluding carboxylic acids is 1. The van der Waals surface area contributed by atoms with Crippen molar-refractivity contribution in [2.75, 3.05) is 5.32 Å². The number of amides is 2. The van der Waals surface area contributed by atoms with Crippen LogP contribution in [0.5, 0.6) is 0 Å². The molecule has 2 aromatic rings. The molecule has 2 aliphatic rings. The maximum absolute atomic E-state index is 11.8. The van der Waals surface area contributed by atoms with Crippen LogP contribution in [0.2, 0.25) is 0 Å². The number of imidazole rings is 1. The van der Waals surface area contributed by atoms with Crippen molar-refractivity contribution in [2.45, 2.75) is 92.2 Å². The van der Waals surface area contributed by atoms with E-state index in [0.717, 1.165) is 31.3 Å². The number of amidine groups is 1. The lowest BCUT2D eigenvalue weighted by atomic mass is 9.80. The largest absolute Gasteiger partial charge is 0.463 e. The molecule has 0 unspecified atom stereocenters. The summed E-state index contributed by atoms with van der Waals surface area (Å²) >= 11 is 0. The highest BCUT2D eigenvalue weighted by Gasteiger charge is 2.29. The third-order valence-electron chi connectivity index (χ3n) is 8.61. The number of carbonyl (C=O) groups is 2. The highest BCUT2D eigenvalue weighted by atomic mass is 16.4. The Morgan fingerprint density at radius 2 is 1.85 bits per heavy atom. The van der Waals surface area contributed by atoms with E-state index >= 15 is 0 Å². The topological polar surface area (TPSA) is 160 Å². The van der Waals surface area contributed by atoms with Crippen LogP contribution >= 0.6 is 0 Å². The highest BCUT2D eigenvalue weighted by molar-refractivity contribution is 6.01. The summed E-state index contributed by atoms with van der Waals surface area (Å²) in [6, 6.07) is 0.133. The normalized spacial score (nSPS) is 21.6. The molecule has 0 radical (unpaired) electrons. The number of aromatic nitrogens is 4. The van der Waals surface area contributed by atoms with Gasteiger partial charge in [-0.15, -0.1) is 0 Å². The average Bonchev–Trinajstić information content (AvgIpc) is 3.24. The molecule has 2 fully saturated rings. The van der Waals surface area contributed by atoms with Crippen LogP contribution in [0.3, 0.4) is 0 Å². The smallest absolute Gasteiger partial charge is 0.433 e. The van der Waals surface area contributed by atoms with E-state index in [1.807, 2.05) is 19.1 Å². The molecule has 0 aliphatic heterocycles. The zero-order valence-corrected chi connectivity index (χ0v) is 24.9. The Morgan fingerprint density at radius 3 is 2.41 bits per heavy atom. The number of nitrogens with one attached hydrogen (secondary N) is 2. The zero-order valence-electron chi connectivity index (χ0n) is 24.9. The second kappa shape index (κ2) is 13.3. The number of hydrogen-bond acceptors (Lipinski definition) is 6. The minimum Gasteiger partial charge on any atom is -0.463 e. The SMILES string of the molecule is C/C=C(\C=C(/NC=O)c1nc2nc(/C(N)=N/C(=O)O)nc(N[C@H](C)C3CCC3)c2n1CC1CCC(C)CC1)C(C)C. The fraction of sp³-hybridized carbons (Fsp3) is 0.600. The summed E-state index contributed by atoms with van der Waals surface area (Å²) in [7, 11) is 0. The van der Waals surface area contributed by atoms with E-state index in [4.69, 9.17) is 15.7 Å². The minimum absolute atomic E-state index is 0.00361. The molecule has 2 aliphatic carbocycles. The Balaban J connectivity index is 1.94. The van der Waals surface area contributed by atoms with Crippen molar-refractivity contribution >= 4 is 41.0 Å². The third-order valence-corrected chi connectivity index (χ3v) is 8.61. The summed E-state index contributed by atoms with van der Waals surface area (Å²) < 4.78 is 2.12. The quantitative estimate of drug-likeness (QED) is 0.123. The molecular formula is C30H44N8O3. The fourth-order valence-electron chi connectivity index (χ4n) is 5.82. The fourth-order valence-corrected chi connectivity index (χ4v) is 5.82. The lowest BCUT2D eigenvalue weighted by molar-refractivity contribution is -0.108. The number of fused-ring (bicyclic) bond motifs is 1. The first-order valence-corrected chi connectivity index (χ1v) is 14.8. The average molecular weight is 565 g/mol. The maximum Gasteiger partial charge on any atom is 0.433 e. The van der Waals surface area contributed by atoms with Crippen LogP contribution in [0.1, 0.15) is 91.2 Å². The number of nitrogens with zero attached hydrogens (tertiary/aromatic N) is 5. The van der Waals surface area contributed by atoms with E-state index in [2.05, 4.69) is 52.9 Å². The van der Waals surface area contributed by atoms with Crippen molar-refractivity contribution in [2.24, 2.45) is 34.4 Å². The number of allylic oxidation sites excluding steroid dienone is 3. The molecule has 0 aromatic carbocycles. The monoisotopic (exact) mass is 564 g/mol. The number of hydrogen-bond donors (Lipinski definition) is 4. The van der Waals surface area contributed by atoms with Gasteiger partial charge in [0.2, 0.25) is 6.41 Å². The van der Waals surface area contributed by atoms with Gasteiger partial charge in [-0.05, 0) is 74.9 Å². The van der Waals surface area contributed by atoms with Crippen LogP contribution in [0.15, 0.2) is 22.7 Å². The molecule has 1 atom stereocenters. The number of anilines is 1. The number of rotatable bonds is 11. The first-order valence-electron chi connectivity index (χ1n) is 14.8. The summed E-state index contributed by atoms with van der Waals surface area (Å²) in [5, 5.41) is 15.7. The molecule has 5 N–H and O–H groups in total. The summed E-state index contributed by atoms with van der Waals surface area (Å²) in [4.78, 5) is 40.8. The van der Waals surface area contributed by atoms with Gasteiger partial charge in [-0.2, -0.15) is 4.99 Å². The summed E-state index contributed by atoms with van der Waals surface area (Å²) in [5.41, 5.74) is 8.72. The standard InChI is InChI=1S/C30H44N8O3/c1-6-21(17(2)3)14-23(32-16-39)29-37-27-24(38(29)15-20-12-10-18(4)11-13-20)26(33-19(5)22-8-7-9-22)35-28(36-27)25(31)34-30(40)41/h6,14,16-20,22H,7-13,15H2,1-5H3,(H2,31,34)(H,32,39)(H,40,41)(H,33,35,36)/b21-6+,23-14-/t18?,19-,20?/m1/s1. The predicted octanol–water partition coefficient (Wildman–Crippen LogP) is 5.33. The van der Waals surface area contributed by atoms with E-state index < -0.39 is 6.09 Å². The van der Waals surface area contributed by atoms with Crippen LogP contribution in [-0.2, 0) is 11.3 Å². The lowest BCUT2D eigenvalue weighted by Crippen LogP contribution is -2.32. The van der Waals surface area contributed by atoms with Crippen LogP contribution in [0.4, 0.5) is 10.6 Å². The zero-order chi connectivity index (χ0) is 29.7. The first kappa shape index (κ1) is 30.2. The molecule has 4 rings (SSSR count). The second-order valence-corrected chi connectivity index (χ2v) is 11.9. The van der Waals surface area contributed by atoms with Gasteiger partial charge in [0.05, 0.1) is 5.70 Å². The molecule has 2 aromatic heterocycles. The first-order chi connectivity index (χ1) is 19.6.